The quantitative estimate of drug-likeness (QED) is 0.0792. The van der Waals surface area contributed by atoms with Crippen LogP contribution in [0.25, 0.3) is 0 Å². The molecule has 2 nitrogen and oxygen atoms in total. The van der Waals surface area contributed by atoms with E-state index in [1.807, 2.05) is 0 Å². The van der Waals surface area contributed by atoms with Crippen molar-refractivity contribution in [2.45, 2.75) is 168 Å². The second-order valence-corrected chi connectivity index (χ2v) is 13.7. The normalized spacial score (nSPS) is 11.0. The smallest absolute Gasteiger partial charge is 0.134 e. The first-order valence-corrected chi connectivity index (χ1v) is 19.2. The monoisotopic (exact) mass is 636 g/mol. The van der Waals surface area contributed by atoms with Crippen molar-refractivity contribution in [3.8, 4) is 0 Å². The van der Waals surface area contributed by atoms with Gasteiger partial charge in [0.15, 0.2) is 0 Å². The highest BCUT2D eigenvalue weighted by Gasteiger charge is 2.05. The topological polar surface area (TPSA) is 24.1 Å². The molecule has 0 aliphatic carbocycles. The number of hydrogen-bond donors (Lipinski definition) is 2. The number of rotatable bonds is 26. The molecule has 0 aliphatic heterocycles. The van der Waals surface area contributed by atoms with Crippen LogP contribution in [0.5, 0.6) is 0 Å². The third-order valence-corrected chi connectivity index (χ3v) is 9.62. The molecule has 0 atom stereocenters. The highest BCUT2D eigenvalue weighted by molar-refractivity contribution is 7.89. The molecule has 0 saturated heterocycles. The van der Waals surface area contributed by atoms with E-state index >= 15 is 0 Å². The predicted octanol–water partition coefficient (Wildman–Crippen LogP) is 12.1. The van der Waals surface area contributed by atoms with Crippen molar-refractivity contribution >= 4 is 34.4 Å². The molecule has 0 heterocycles. The Hall–Kier alpha value is -1.78. The van der Waals surface area contributed by atoms with Gasteiger partial charge >= 0.3 is 0 Å². The van der Waals surface area contributed by atoms with Crippen LogP contribution in [-0.4, -0.2) is 9.98 Å². The van der Waals surface area contributed by atoms with Crippen LogP contribution in [0.2, 0.25) is 0 Å². The Balaban J connectivity index is 1.51. The summed E-state index contributed by atoms with van der Waals surface area (Å²) in [5.74, 6) is 0. The molecule has 2 aromatic rings. The van der Waals surface area contributed by atoms with Crippen LogP contribution in [-0.2, 0) is 25.9 Å². The van der Waals surface area contributed by atoms with Gasteiger partial charge in [0.25, 0.3) is 0 Å². The first kappa shape index (κ1) is 38.4. The second kappa shape index (κ2) is 26.4. The Kier molecular flexibility index (Phi) is 23.1. The van der Waals surface area contributed by atoms with E-state index in [0.29, 0.717) is 23.1 Å². The number of aryl methyl sites for hydroxylation is 2. The molecular formula is C40H64N2S2. The molecule has 0 spiro atoms. The lowest BCUT2D eigenvalue weighted by Crippen LogP contribution is -2.36. The molecule has 2 rings (SSSR count). The summed E-state index contributed by atoms with van der Waals surface area (Å²) in [5.41, 5.74) is 5.34. The molecule has 246 valence electrons. The second-order valence-electron chi connectivity index (χ2n) is 12.9. The zero-order chi connectivity index (χ0) is 31.5. The van der Waals surface area contributed by atoms with Crippen LogP contribution < -0.4 is 10.6 Å². The van der Waals surface area contributed by atoms with Gasteiger partial charge in [-0.15, -0.1) is 0 Å². The van der Waals surface area contributed by atoms with Gasteiger partial charge in [0.05, 0.1) is 0 Å². The van der Waals surface area contributed by atoms with Crippen LogP contribution in [0, 0.1) is 0 Å². The van der Waals surface area contributed by atoms with Gasteiger partial charge in [0, 0.05) is 13.1 Å². The molecule has 0 fully saturated rings. The zero-order valence-corrected chi connectivity index (χ0v) is 30.0. The fourth-order valence-electron chi connectivity index (χ4n) is 5.81. The maximum atomic E-state index is 5.56. The predicted molar refractivity (Wildman–Crippen MR) is 203 cm³/mol. The van der Waals surface area contributed by atoms with Crippen molar-refractivity contribution in [3.05, 3.63) is 70.8 Å². The molecule has 0 aliphatic rings. The maximum absolute atomic E-state index is 5.56. The Morgan fingerprint density at radius 2 is 0.636 bits per heavy atom. The molecule has 2 N–H and O–H groups in total. The van der Waals surface area contributed by atoms with Crippen molar-refractivity contribution < 1.29 is 0 Å². The van der Waals surface area contributed by atoms with Gasteiger partial charge in [-0.1, -0.05) is 202 Å². The molecule has 0 bridgehead atoms. The largest absolute Gasteiger partial charge is 0.370 e. The maximum Gasteiger partial charge on any atom is 0.134 e. The summed E-state index contributed by atoms with van der Waals surface area (Å²) in [5, 5.41) is 6.66. The highest BCUT2D eigenvalue weighted by Crippen LogP contribution is 2.15. The van der Waals surface area contributed by atoms with E-state index in [0.717, 1.165) is 0 Å². The average molecular weight is 637 g/mol. The van der Waals surface area contributed by atoms with Crippen molar-refractivity contribution in [2.75, 3.05) is 0 Å². The minimum Gasteiger partial charge on any atom is -0.370 e. The Labute approximate surface area is 283 Å². The highest BCUT2D eigenvalue weighted by atomic mass is 32.1. The Bertz CT molecular complexity index is 902. The van der Waals surface area contributed by atoms with E-state index in [-0.39, 0.29) is 0 Å². The number of nitrogens with one attached hydrogen (secondary N) is 2. The molecule has 0 saturated carbocycles. The van der Waals surface area contributed by atoms with Gasteiger partial charge in [0.2, 0.25) is 0 Å². The van der Waals surface area contributed by atoms with E-state index in [1.54, 1.807) is 0 Å². The summed E-state index contributed by atoms with van der Waals surface area (Å²) in [4.78, 5) is 1.24. The number of hydrogen-bond acceptors (Lipinski definition) is 2. The standard InChI is InChI=1S/C40H64N2S2/c1-3-5-7-9-11-13-15-17-19-21-23-35-25-29-37(30-26-35)33-41-39(43)40(44)42-34-38-31-27-36(28-32-38)24-22-20-18-16-14-12-10-8-6-4-2/h25-32H,3-24,33-34H2,1-2H3,(H,41,43)(H,42,44). The van der Waals surface area contributed by atoms with Crippen molar-refractivity contribution in [1.82, 2.24) is 10.6 Å². The fourth-order valence-corrected chi connectivity index (χ4v) is 6.09. The summed E-state index contributed by atoms with van der Waals surface area (Å²) in [6, 6.07) is 17.9. The van der Waals surface area contributed by atoms with Crippen molar-refractivity contribution in [1.29, 1.82) is 0 Å². The van der Waals surface area contributed by atoms with Gasteiger partial charge in [-0.05, 0) is 47.9 Å². The summed E-state index contributed by atoms with van der Waals surface area (Å²) in [6.45, 7) is 5.98. The summed E-state index contributed by atoms with van der Waals surface area (Å²) < 4.78 is 0. The summed E-state index contributed by atoms with van der Waals surface area (Å²) >= 11 is 11.1. The fraction of sp³-hybridized carbons (Fsp3) is 0.650. The van der Waals surface area contributed by atoms with Crippen molar-refractivity contribution in [3.63, 3.8) is 0 Å². The minimum absolute atomic E-state index is 0.618. The lowest BCUT2D eigenvalue weighted by Gasteiger charge is -2.12. The zero-order valence-electron chi connectivity index (χ0n) is 28.4. The SMILES string of the molecule is CCCCCCCCCCCCc1ccc(CNC(=S)C(=S)NCc2ccc(CCCCCCCCCCCC)cc2)cc1. The Morgan fingerprint density at radius 3 is 0.932 bits per heavy atom. The van der Waals surface area contributed by atoms with Gasteiger partial charge < -0.3 is 10.6 Å². The van der Waals surface area contributed by atoms with Crippen LogP contribution >= 0.6 is 24.4 Å². The van der Waals surface area contributed by atoms with Crippen LogP contribution in [0.3, 0.4) is 0 Å². The van der Waals surface area contributed by atoms with E-state index in [9.17, 15) is 0 Å². The third kappa shape index (κ3) is 19.6. The van der Waals surface area contributed by atoms with E-state index < -0.39 is 0 Å². The third-order valence-electron chi connectivity index (χ3n) is 8.80. The first-order valence-electron chi connectivity index (χ1n) is 18.3. The molecule has 0 unspecified atom stereocenters. The van der Waals surface area contributed by atoms with E-state index in [2.05, 4.69) is 73.0 Å². The molecule has 0 aromatic heterocycles. The molecule has 0 amide bonds. The van der Waals surface area contributed by atoms with Crippen LogP contribution in [0.1, 0.15) is 165 Å². The molecule has 2 aromatic carbocycles. The first-order chi connectivity index (χ1) is 21.6. The minimum atomic E-state index is 0.618. The summed E-state index contributed by atoms with van der Waals surface area (Å²) in [6.07, 6.45) is 30.1. The van der Waals surface area contributed by atoms with Crippen LogP contribution in [0.4, 0.5) is 0 Å². The van der Waals surface area contributed by atoms with E-state index in [1.165, 1.54) is 164 Å². The number of unbranched alkanes of at least 4 members (excludes halogenated alkanes) is 18. The van der Waals surface area contributed by atoms with E-state index in [4.69, 9.17) is 24.4 Å². The van der Waals surface area contributed by atoms with Gasteiger partial charge in [-0.3, -0.25) is 0 Å². The van der Waals surface area contributed by atoms with Gasteiger partial charge in [0.1, 0.15) is 9.98 Å². The number of benzene rings is 2. The van der Waals surface area contributed by atoms with Gasteiger partial charge in [-0.25, -0.2) is 0 Å². The summed E-state index contributed by atoms with van der Waals surface area (Å²) in [7, 11) is 0. The van der Waals surface area contributed by atoms with Crippen molar-refractivity contribution in [2.24, 2.45) is 0 Å². The van der Waals surface area contributed by atoms with Gasteiger partial charge in [-0.2, -0.15) is 0 Å². The average Bonchev–Trinajstić information content (AvgIpc) is 3.05. The Morgan fingerprint density at radius 1 is 0.386 bits per heavy atom. The molecule has 0 radical (unpaired) electrons. The lowest BCUT2D eigenvalue weighted by atomic mass is 10.0. The number of thiocarbonyl (C=S) groups is 2. The lowest BCUT2D eigenvalue weighted by molar-refractivity contribution is 0.556. The molecular weight excluding hydrogens is 573 g/mol. The molecule has 4 heteroatoms. The van der Waals surface area contributed by atoms with Crippen LogP contribution in [0.15, 0.2) is 48.5 Å². The molecule has 44 heavy (non-hydrogen) atoms.